The highest BCUT2D eigenvalue weighted by Gasteiger charge is 2.44. The first kappa shape index (κ1) is 21.1. The normalized spacial score (nSPS) is 14.1. The molecular formula is C24H21N5O3S. The molecule has 0 saturated heterocycles. The molecule has 4 aromatic rings. The van der Waals surface area contributed by atoms with Gasteiger partial charge in [-0.25, -0.2) is 4.98 Å². The molecule has 0 aliphatic heterocycles. The maximum atomic E-state index is 12.1. The molecular weight excluding hydrogens is 438 g/mol. The molecule has 1 aliphatic rings. The highest BCUT2D eigenvalue weighted by molar-refractivity contribution is 7.18. The van der Waals surface area contributed by atoms with E-state index in [1.807, 2.05) is 12.1 Å². The summed E-state index contributed by atoms with van der Waals surface area (Å²) in [5.41, 5.74) is 3.46. The lowest BCUT2D eigenvalue weighted by atomic mass is 10.0. The molecule has 0 atom stereocenters. The fourth-order valence-electron chi connectivity index (χ4n) is 3.67. The van der Waals surface area contributed by atoms with Gasteiger partial charge in [-0.2, -0.15) is 5.26 Å². The van der Waals surface area contributed by atoms with Gasteiger partial charge in [-0.15, -0.1) is 21.5 Å². The van der Waals surface area contributed by atoms with Gasteiger partial charge >= 0.3 is 0 Å². The number of thiazole rings is 1. The summed E-state index contributed by atoms with van der Waals surface area (Å²) in [6.45, 7) is 2.07. The van der Waals surface area contributed by atoms with Gasteiger partial charge in [0.15, 0.2) is 0 Å². The van der Waals surface area contributed by atoms with E-state index in [1.54, 1.807) is 18.4 Å². The van der Waals surface area contributed by atoms with Crippen molar-refractivity contribution in [2.75, 3.05) is 7.11 Å². The summed E-state index contributed by atoms with van der Waals surface area (Å²) in [6, 6.07) is 14.6. The number of nitrogens with one attached hydrogen (secondary N) is 1. The molecule has 5 rings (SSSR count). The summed E-state index contributed by atoms with van der Waals surface area (Å²) in [4.78, 5) is 16.9. The monoisotopic (exact) mass is 459 g/mol. The Bertz CT molecular complexity index is 1400. The number of hydrogen-bond acceptors (Lipinski definition) is 8. The number of hydrogen-bond donors (Lipinski definition) is 1. The van der Waals surface area contributed by atoms with E-state index in [9.17, 15) is 4.79 Å². The highest BCUT2D eigenvalue weighted by atomic mass is 32.1. The molecule has 33 heavy (non-hydrogen) atoms. The van der Waals surface area contributed by atoms with E-state index in [-0.39, 0.29) is 18.2 Å². The van der Waals surface area contributed by atoms with Gasteiger partial charge in [0, 0.05) is 0 Å². The maximum Gasteiger partial charge on any atom is 0.230 e. The van der Waals surface area contributed by atoms with Crippen LogP contribution < -0.4 is 10.1 Å². The van der Waals surface area contributed by atoms with E-state index in [2.05, 4.69) is 52.8 Å². The van der Waals surface area contributed by atoms with E-state index in [0.29, 0.717) is 30.9 Å². The first-order valence-electron chi connectivity index (χ1n) is 10.5. The second-order valence-corrected chi connectivity index (χ2v) is 9.30. The zero-order valence-corrected chi connectivity index (χ0v) is 19.0. The third kappa shape index (κ3) is 4.43. The zero-order chi connectivity index (χ0) is 23.0. The van der Waals surface area contributed by atoms with Gasteiger partial charge in [0.05, 0.1) is 24.3 Å². The smallest absolute Gasteiger partial charge is 0.230 e. The minimum Gasteiger partial charge on any atom is -0.494 e. The van der Waals surface area contributed by atoms with Crippen LogP contribution in [-0.4, -0.2) is 33.7 Å². The molecule has 1 amide bonds. The van der Waals surface area contributed by atoms with E-state index in [1.165, 1.54) is 5.56 Å². The minimum absolute atomic E-state index is 0.0516. The number of rotatable bonds is 7. The Balaban J connectivity index is 1.34. The topological polar surface area (TPSA) is 114 Å². The van der Waals surface area contributed by atoms with Gasteiger partial charge in [0.1, 0.15) is 28.2 Å². The fraction of sp³-hybridized carbons (Fsp3) is 0.292. The Morgan fingerprint density at radius 1 is 1.24 bits per heavy atom. The van der Waals surface area contributed by atoms with Crippen molar-refractivity contribution in [3.05, 3.63) is 58.8 Å². The lowest BCUT2D eigenvalue weighted by Gasteiger charge is -2.07. The van der Waals surface area contributed by atoms with Crippen molar-refractivity contribution in [3.8, 4) is 22.9 Å². The van der Waals surface area contributed by atoms with Gasteiger partial charge < -0.3 is 14.5 Å². The Labute approximate surface area is 194 Å². The standard InChI is InChI=1S/C24H21N5O3S/c1-14-4-3-5-15(8-14)16-9-17(31-2)23-18(10-16)33-22(26-23)12-21-29-28-20(32-21)11-19(30)27-24(13-25)6-7-24/h3-5,8-10H,6-7,11-12H2,1-2H3,(H,27,30). The van der Waals surface area contributed by atoms with Crippen molar-refractivity contribution in [1.82, 2.24) is 20.5 Å². The fourth-order valence-corrected chi connectivity index (χ4v) is 4.68. The van der Waals surface area contributed by atoms with Crippen molar-refractivity contribution >= 4 is 27.5 Å². The van der Waals surface area contributed by atoms with Crippen LogP contribution in [0.3, 0.4) is 0 Å². The van der Waals surface area contributed by atoms with Crippen LogP contribution in [0.1, 0.15) is 35.2 Å². The number of fused-ring (bicyclic) bond motifs is 1. The van der Waals surface area contributed by atoms with Crippen LogP contribution in [0.2, 0.25) is 0 Å². The second-order valence-electron chi connectivity index (χ2n) is 8.19. The molecule has 2 aromatic carbocycles. The first-order chi connectivity index (χ1) is 16.0. The predicted molar refractivity (Wildman–Crippen MR) is 123 cm³/mol. The van der Waals surface area contributed by atoms with Gasteiger partial charge in [0.25, 0.3) is 0 Å². The molecule has 0 unspecified atom stereocenters. The molecule has 2 heterocycles. The van der Waals surface area contributed by atoms with Crippen molar-refractivity contribution < 1.29 is 13.9 Å². The van der Waals surface area contributed by atoms with Crippen LogP contribution in [0.4, 0.5) is 0 Å². The molecule has 1 fully saturated rings. The lowest BCUT2D eigenvalue weighted by molar-refractivity contribution is -0.121. The predicted octanol–water partition coefficient (Wildman–Crippen LogP) is 3.97. The molecule has 166 valence electrons. The number of carbonyl (C=O) groups is 1. The summed E-state index contributed by atoms with van der Waals surface area (Å²) >= 11 is 1.54. The number of carbonyl (C=O) groups excluding carboxylic acids is 1. The lowest BCUT2D eigenvalue weighted by Crippen LogP contribution is -2.36. The summed E-state index contributed by atoms with van der Waals surface area (Å²) in [7, 11) is 1.64. The first-order valence-corrected chi connectivity index (χ1v) is 11.4. The van der Waals surface area contributed by atoms with Crippen LogP contribution in [-0.2, 0) is 17.6 Å². The number of ether oxygens (including phenoxy) is 1. The number of benzene rings is 2. The molecule has 0 bridgehead atoms. The molecule has 0 spiro atoms. The zero-order valence-electron chi connectivity index (χ0n) is 18.2. The molecule has 1 N–H and O–H groups in total. The van der Waals surface area contributed by atoms with Crippen molar-refractivity contribution in [3.63, 3.8) is 0 Å². The quantitative estimate of drug-likeness (QED) is 0.445. The summed E-state index contributed by atoms with van der Waals surface area (Å²) in [5.74, 6) is 1.02. The van der Waals surface area contributed by atoms with E-state index < -0.39 is 5.54 Å². The summed E-state index contributed by atoms with van der Waals surface area (Å²) in [5, 5.41) is 20.7. The van der Waals surface area contributed by atoms with E-state index in [4.69, 9.17) is 19.4 Å². The molecule has 1 aliphatic carbocycles. The van der Waals surface area contributed by atoms with Crippen molar-refractivity contribution in [2.24, 2.45) is 0 Å². The van der Waals surface area contributed by atoms with Crippen molar-refractivity contribution in [1.29, 1.82) is 5.26 Å². The minimum atomic E-state index is -0.711. The van der Waals surface area contributed by atoms with Gasteiger partial charge in [-0.05, 0) is 43.0 Å². The van der Waals surface area contributed by atoms with Crippen LogP contribution >= 0.6 is 11.3 Å². The third-order valence-corrected chi connectivity index (χ3v) is 6.54. The number of aromatic nitrogens is 3. The average Bonchev–Trinajstić information content (AvgIpc) is 3.23. The number of amides is 1. The average molecular weight is 460 g/mol. The van der Waals surface area contributed by atoms with Gasteiger partial charge in [-0.3, -0.25) is 4.79 Å². The summed E-state index contributed by atoms with van der Waals surface area (Å²) < 4.78 is 12.3. The molecule has 8 nitrogen and oxygen atoms in total. The number of nitrogens with zero attached hydrogens (tertiary/aromatic N) is 4. The van der Waals surface area contributed by atoms with Crippen LogP contribution in [0.5, 0.6) is 5.75 Å². The Morgan fingerprint density at radius 3 is 2.79 bits per heavy atom. The Morgan fingerprint density at radius 2 is 2.06 bits per heavy atom. The largest absolute Gasteiger partial charge is 0.494 e. The van der Waals surface area contributed by atoms with Crippen LogP contribution in [0.15, 0.2) is 40.8 Å². The van der Waals surface area contributed by atoms with Gasteiger partial charge in [0.2, 0.25) is 17.7 Å². The van der Waals surface area contributed by atoms with E-state index >= 15 is 0 Å². The maximum absolute atomic E-state index is 12.1. The number of nitriles is 1. The van der Waals surface area contributed by atoms with E-state index in [0.717, 1.165) is 26.4 Å². The second kappa shape index (κ2) is 8.30. The Hall–Kier alpha value is -3.77. The van der Waals surface area contributed by atoms with Gasteiger partial charge in [-0.1, -0.05) is 29.8 Å². The molecule has 2 aromatic heterocycles. The van der Waals surface area contributed by atoms with Crippen LogP contribution in [0.25, 0.3) is 21.3 Å². The third-order valence-electron chi connectivity index (χ3n) is 5.54. The Kier molecular flexibility index (Phi) is 5.30. The summed E-state index contributed by atoms with van der Waals surface area (Å²) in [6.07, 6.45) is 1.66. The van der Waals surface area contributed by atoms with Crippen molar-refractivity contribution in [2.45, 2.75) is 38.1 Å². The number of methoxy groups -OCH3 is 1. The highest BCUT2D eigenvalue weighted by Crippen LogP contribution is 2.36. The number of aryl methyl sites for hydroxylation is 1. The molecule has 0 radical (unpaired) electrons. The molecule has 9 heteroatoms. The van der Waals surface area contributed by atoms with Crippen LogP contribution in [0, 0.1) is 18.3 Å². The SMILES string of the molecule is COc1cc(-c2cccc(C)c2)cc2sc(Cc3nnc(CC(=O)NC4(C#N)CC4)o3)nc12. The molecule has 1 saturated carbocycles.